The number of ether oxygens (including phenoxy) is 1. The predicted octanol–water partition coefficient (Wildman–Crippen LogP) is 4.62. The number of aromatic nitrogens is 3. The smallest absolute Gasteiger partial charge is 0.331 e. The molecule has 35 heavy (non-hydrogen) atoms. The maximum atomic E-state index is 15.1. The van der Waals surface area contributed by atoms with Crippen molar-refractivity contribution in [2.24, 2.45) is 14.1 Å². The zero-order valence-electron chi connectivity index (χ0n) is 19.4. The molecule has 0 amide bonds. The van der Waals surface area contributed by atoms with E-state index in [1.54, 1.807) is 25.2 Å². The lowest BCUT2D eigenvalue weighted by atomic mass is 10.0. The summed E-state index contributed by atoms with van der Waals surface area (Å²) in [6.07, 6.45) is -0.870. The van der Waals surface area contributed by atoms with Crippen LogP contribution in [0.3, 0.4) is 0 Å². The molecule has 6 nitrogen and oxygen atoms in total. The molecule has 0 radical (unpaired) electrons. The molecule has 5 aromatic rings. The van der Waals surface area contributed by atoms with Crippen LogP contribution in [0.25, 0.3) is 27.8 Å². The van der Waals surface area contributed by atoms with Gasteiger partial charge in [0.25, 0.3) is 5.56 Å². The summed E-state index contributed by atoms with van der Waals surface area (Å²) in [6.45, 7) is 2.00. The van der Waals surface area contributed by atoms with Gasteiger partial charge in [0.05, 0.1) is 28.0 Å². The van der Waals surface area contributed by atoms with E-state index >= 15 is 4.39 Å². The van der Waals surface area contributed by atoms with Crippen LogP contribution in [0.4, 0.5) is 4.39 Å². The van der Waals surface area contributed by atoms with Crippen molar-refractivity contribution in [1.29, 1.82) is 0 Å². The van der Waals surface area contributed by atoms with Gasteiger partial charge >= 0.3 is 5.69 Å². The standard InChI is InChI=1S/C28H22FN3O3/c1-16-12-14-17(15-13-16)23-22-24(30(2)28(34)31(3)27(22)33)25-26(18-8-4-5-9-19(18)29)35-21-11-7-6-10-20(21)32(23)25/h4-15,26H,1-3H3. The Labute approximate surface area is 200 Å². The van der Waals surface area contributed by atoms with Crippen molar-refractivity contribution in [2.75, 3.05) is 0 Å². The average molecular weight is 468 g/mol. The maximum absolute atomic E-state index is 15.1. The molecule has 0 fully saturated rings. The normalized spacial score (nSPS) is 14.5. The van der Waals surface area contributed by atoms with Crippen LogP contribution in [0.5, 0.6) is 5.75 Å². The molecule has 1 aliphatic heterocycles. The Morgan fingerprint density at radius 1 is 0.857 bits per heavy atom. The number of benzene rings is 3. The fourth-order valence-corrected chi connectivity index (χ4v) is 5.00. The van der Waals surface area contributed by atoms with Crippen molar-refractivity contribution in [1.82, 2.24) is 13.7 Å². The first kappa shape index (κ1) is 21.2. The Balaban J connectivity index is 1.88. The summed E-state index contributed by atoms with van der Waals surface area (Å²) in [6, 6.07) is 21.8. The highest BCUT2D eigenvalue weighted by atomic mass is 19.1. The number of hydrogen-bond acceptors (Lipinski definition) is 3. The van der Waals surface area contributed by atoms with Gasteiger partial charge in [-0.25, -0.2) is 9.18 Å². The summed E-state index contributed by atoms with van der Waals surface area (Å²) < 4.78 is 26.0. The molecule has 0 bridgehead atoms. The number of hydrogen-bond donors (Lipinski definition) is 0. The lowest BCUT2D eigenvalue weighted by Gasteiger charge is -2.30. The topological polar surface area (TPSA) is 58.2 Å². The minimum Gasteiger partial charge on any atom is -0.477 e. The van der Waals surface area contributed by atoms with E-state index < -0.39 is 23.2 Å². The molecule has 0 aliphatic carbocycles. The number of halogens is 1. The summed E-state index contributed by atoms with van der Waals surface area (Å²) >= 11 is 0. The molecule has 2 aromatic heterocycles. The molecule has 0 N–H and O–H groups in total. The van der Waals surface area contributed by atoms with Crippen molar-refractivity contribution in [3.05, 3.63) is 116 Å². The van der Waals surface area contributed by atoms with Gasteiger partial charge in [0.2, 0.25) is 0 Å². The van der Waals surface area contributed by atoms with Crippen LogP contribution in [0.15, 0.2) is 82.4 Å². The number of para-hydroxylation sites is 2. The molecule has 1 unspecified atom stereocenters. The Kier molecular flexibility index (Phi) is 4.57. The third kappa shape index (κ3) is 2.94. The minimum absolute atomic E-state index is 0.325. The van der Waals surface area contributed by atoms with E-state index in [-0.39, 0.29) is 0 Å². The molecule has 3 heterocycles. The maximum Gasteiger partial charge on any atom is 0.331 e. The van der Waals surface area contributed by atoms with Crippen molar-refractivity contribution in [3.8, 4) is 22.7 Å². The lowest BCUT2D eigenvalue weighted by molar-refractivity contribution is 0.224. The molecule has 1 atom stereocenters. The number of aryl methyl sites for hydroxylation is 2. The molecular weight excluding hydrogens is 445 g/mol. The molecule has 0 spiro atoms. The fraction of sp³-hybridized carbons (Fsp3) is 0.143. The molecule has 6 rings (SSSR count). The van der Waals surface area contributed by atoms with Gasteiger partial charge in [0.15, 0.2) is 6.10 Å². The van der Waals surface area contributed by atoms with Gasteiger partial charge in [0.1, 0.15) is 11.6 Å². The van der Waals surface area contributed by atoms with Crippen LogP contribution in [0.1, 0.15) is 22.9 Å². The van der Waals surface area contributed by atoms with Crippen LogP contribution in [0, 0.1) is 12.7 Å². The zero-order valence-corrected chi connectivity index (χ0v) is 19.4. The molecule has 3 aromatic carbocycles. The number of nitrogens with zero attached hydrogens (tertiary/aromatic N) is 3. The molecule has 0 saturated heterocycles. The van der Waals surface area contributed by atoms with Gasteiger partial charge in [-0.3, -0.25) is 13.9 Å². The highest BCUT2D eigenvalue weighted by molar-refractivity contribution is 5.98. The first-order chi connectivity index (χ1) is 16.9. The molecule has 174 valence electrons. The predicted molar refractivity (Wildman–Crippen MR) is 133 cm³/mol. The van der Waals surface area contributed by atoms with Crippen LogP contribution in [-0.4, -0.2) is 13.7 Å². The van der Waals surface area contributed by atoms with Crippen molar-refractivity contribution < 1.29 is 9.13 Å². The molecule has 1 aliphatic rings. The quantitative estimate of drug-likeness (QED) is 0.381. The van der Waals surface area contributed by atoms with Gasteiger partial charge in [0, 0.05) is 19.7 Å². The third-order valence-electron chi connectivity index (χ3n) is 6.72. The minimum atomic E-state index is -0.870. The summed E-state index contributed by atoms with van der Waals surface area (Å²) in [5.41, 5.74) is 3.67. The monoisotopic (exact) mass is 467 g/mol. The zero-order chi connectivity index (χ0) is 24.4. The van der Waals surface area contributed by atoms with E-state index in [0.29, 0.717) is 33.6 Å². The summed E-state index contributed by atoms with van der Waals surface area (Å²) in [5.74, 6) is 0.132. The van der Waals surface area contributed by atoms with Crippen LogP contribution >= 0.6 is 0 Å². The second-order valence-electron chi connectivity index (χ2n) is 8.85. The van der Waals surface area contributed by atoms with Gasteiger partial charge in [-0.05, 0) is 30.7 Å². The van der Waals surface area contributed by atoms with E-state index in [0.717, 1.165) is 21.4 Å². The van der Waals surface area contributed by atoms with Crippen LogP contribution < -0.4 is 16.0 Å². The van der Waals surface area contributed by atoms with Crippen molar-refractivity contribution >= 4 is 10.9 Å². The van der Waals surface area contributed by atoms with E-state index in [1.807, 2.05) is 60.0 Å². The summed E-state index contributed by atoms with van der Waals surface area (Å²) in [4.78, 5) is 26.7. The highest BCUT2D eigenvalue weighted by Gasteiger charge is 2.37. The summed E-state index contributed by atoms with van der Waals surface area (Å²) in [7, 11) is 3.10. The SMILES string of the molecule is Cc1ccc(-c2c3c(=O)n(C)c(=O)n(C)c3c3n2-c2ccccc2OC3c2ccccc2F)cc1. The Bertz CT molecular complexity index is 1760. The van der Waals surface area contributed by atoms with Gasteiger partial charge in [-0.1, -0.05) is 60.2 Å². The van der Waals surface area contributed by atoms with Gasteiger partial charge < -0.3 is 9.30 Å². The van der Waals surface area contributed by atoms with E-state index in [9.17, 15) is 9.59 Å². The van der Waals surface area contributed by atoms with Crippen molar-refractivity contribution in [3.63, 3.8) is 0 Å². The molecular formula is C28H22FN3O3. The first-order valence-corrected chi connectivity index (χ1v) is 11.3. The summed E-state index contributed by atoms with van der Waals surface area (Å²) in [5, 5.41) is 0.384. The second-order valence-corrected chi connectivity index (χ2v) is 8.85. The Hall–Kier alpha value is -4.39. The Morgan fingerprint density at radius 3 is 2.29 bits per heavy atom. The van der Waals surface area contributed by atoms with E-state index in [1.165, 1.54) is 17.7 Å². The van der Waals surface area contributed by atoms with Crippen LogP contribution in [0.2, 0.25) is 0 Å². The Morgan fingerprint density at radius 2 is 1.54 bits per heavy atom. The number of fused-ring (bicyclic) bond motifs is 5. The second kappa shape index (κ2) is 7.56. The van der Waals surface area contributed by atoms with E-state index in [4.69, 9.17) is 4.74 Å². The molecule has 0 saturated carbocycles. The first-order valence-electron chi connectivity index (χ1n) is 11.3. The van der Waals surface area contributed by atoms with Gasteiger partial charge in [-0.2, -0.15) is 0 Å². The highest BCUT2D eigenvalue weighted by Crippen LogP contribution is 2.46. The third-order valence-corrected chi connectivity index (χ3v) is 6.72. The fourth-order valence-electron chi connectivity index (χ4n) is 5.00. The lowest BCUT2D eigenvalue weighted by Crippen LogP contribution is -2.37. The van der Waals surface area contributed by atoms with Crippen LogP contribution in [-0.2, 0) is 14.1 Å². The van der Waals surface area contributed by atoms with E-state index in [2.05, 4.69) is 0 Å². The van der Waals surface area contributed by atoms with Gasteiger partial charge in [-0.15, -0.1) is 0 Å². The average Bonchev–Trinajstić information content (AvgIpc) is 3.23. The largest absolute Gasteiger partial charge is 0.477 e. The number of rotatable bonds is 2. The van der Waals surface area contributed by atoms with Crippen molar-refractivity contribution in [2.45, 2.75) is 13.0 Å². The molecule has 7 heteroatoms.